The van der Waals surface area contributed by atoms with Gasteiger partial charge in [-0.2, -0.15) is 0 Å². The molecule has 2 rings (SSSR count). The van der Waals surface area contributed by atoms with Crippen molar-refractivity contribution >= 4 is 16.9 Å². The number of aryl methyl sites for hydroxylation is 2. The summed E-state index contributed by atoms with van der Waals surface area (Å²) in [6.45, 7) is 9.42. The standard InChI is InChI=1S/C16H21NO3/c1-10-6-13-12(8-11(2)17-13)14(7-10)19-9-15(18)20-16(3,4)5/h6-8,17H,9H2,1-5H3. The van der Waals surface area contributed by atoms with Gasteiger partial charge in [0, 0.05) is 16.6 Å². The van der Waals surface area contributed by atoms with Crippen molar-refractivity contribution < 1.29 is 14.3 Å². The fraction of sp³-hybridized carbons (Fsp3) is 0.438. The Labute approximate surface area is 119 Å². The molecule has 0 radical (unpaired) electrons. The molecule has 108 valence electrons. The Morgan fingerprint density at radius 3 is 2.55 bits per heavy atom. The van der Waals surface area contributed by atoms with Crippen molar-refractivity contribution in [2.45, 2.75) is 40.2 Å². The number of hydrogen-bond donors (Lipinski definition) is 1. The first-order valence-corrected chi connectivity index (χ1v) is 6.69. The Morgan fingerprint density at radius 1 is 1.20 bits per heavy atom. The van der Waals surface area contributed by atoms with E-state index in [2.05, 4.69) is 11.1 Å². The molecular formula is C16H21NO3. The molecule has 0 saturated carbocycles. The number of ether oxygens (including phenoxy) is 2. The van der Waals surface area contributed by atoms with Gasteiger partial charge in [-0.25, -0.2) is 4.79 Å². The zero-order valence-corrected chi connectivity index (χ0v) is 12.7. The summed E-state index contributed by atoms with van der Waals surface area (Å²) in [6, 6.07) is 6.00. The zero-order chi connectivity index (χ0) is 14.9. The van der Waals surface area contributed by atoms with Crippen molar-refractivity contribution in [3.8, 4) is 5.75 Å². The monoisotopic (exact) mass is 275 g/mol. The zero-order valence-electron chi connectivity index (χ0n) is 12.7. The lowest BCUT2D eigenvalue weighted by molar-refractivity contribution is -0.157. The van der Waals surface area contributed by atoms with E-state index in [9.17, 15) is 4.79 Å². The van der Waals surface area contributed by atoms with E-state index in [-0.39, 0.29) is 12.6 Å². The number of benzene rings is 1. The molecule has 0 fully saturated rings. The van der Waals surface area contributed by atoms with E-state index in [0.29, 0.717) is 5.75 Å². The molecule has 20 heavy (non-hydrogen) atoms. The molecular weight excluding hydrogens is 254 g/mol. The predicted molar refractivity (Wildman–Crippen MR) is 79.1 cm³/mol. The lowest BCUT2D eigenvalue weighted by atomic mass is 10.1. The number of H-pyrrole nitrogens is 1. The average Bonchev–Trinajstić information content (AvgIpc) is 2.63. The van der Waals surface area contributed by atoms with E-state index >= 15 is 0 Å². The van der Waals surface area contributed by atoms with Gasteiger partial charge in [0.15, 0.2) is 6.61 Å². The molecule has 0 spiro atoms. The Morgan fingerprint density at radius 2 is 1.90 bits per heavy atom. The van der Waals surface area contributed by atoms with Gasteiger partial charge in [-0.3, -0.25) is 0 Å². The van der Waals surface area contributed by atoms with E-state index in [1.54, 1.807) is 0 Å². The van der Waals surface area contributed by atoms with Crippen LogP contribution in [0.2, 0.25) is 0 Å². The second kappa shape index (κ2) is 5.19. The number of nitrogens with one attached hydrogen (secondary N) is 1. The molecule has 1 N–H and O–H groups in total. The van der Waals surface area contributed by atoms with Gasteiger partial charge in [-0.1, -0.05) is 0 Å². The van der Waals surface area contributed by atoms with Crippen LogP contribution in [-0.2, 0) is 9.53 Å². The first-order valence-electron chi connectivity index (χ1n) is 6.69. The number of esters is 1. The number of hydrogen-bond acceptors (Lipinski definition) is 3. The van der Waals surface area contributed by atoms with Crippen molar-refractivity contribution in [3.63, 3.8) is 0 Å². The van der Waals surface area contributed by atoms with Gasteiger partial charge in [0.25, 0.3) is 0 Å². The minimum atomic E-state index is -0.493. The van der Waals surface area contributed by atoms with Crippen LogP contribution in [0.1, 0.15) is 32.0 Å². The fourth-order valence-electron chi connectivity index (χ4n) is 2.11. The lowest BCUT2D eigenvalue weighted by Crippen LogP contribution is -2.27. The molecule has 0 aliphatic carbocycles. The van der Waals surface area contributed by atoms with Crippen LogP contribution in [0.3, 0.4) is 0 Å². The smallest absolute Gasteiger partial charge is 0.344 e. The van der Waals surface area contributed by atoms with Crippen LogP contribution in [-0.4, -0.2) is 23.2 Å². The highest BCUT2D eigenvalue weighted by Gasteiger charge is 2.17. The number of fused-ring (bicyclic) bond motifs is 1. The highest BCUT2D eigenvalue weighted by atomic mass is 16.6. The molecule has 4 heteroatoms. The maximum Gasteiger partial charge on any atom is 0.344 e. The summed E-state index contributed by atoms with van der Waals surface area (Å²) in [4.78, 5) is 15.0. The fourth-order valence-corrected chi connectivity index (χ4v) is 2.11. The van der Waals surface area contributed by atoms with Crippen molar-refractivity contribution in [2.24, 2.45) is 0 Å². The Kier molecular flexibility index (Phi) is 3.75. The third kappa shape index (κ3) is 3.53. The molecule has 0 aliphatic rings. The molecule has 0 bridgehead atoms. The van der Waals surface area contributed by atoms with Crippen molar-refractivity contribution in [3.05, 3.63) is 29.5 Å². The highest BCUT2D eigenvalue weighted by molar-refractivity contribution is 5.87. The molecule has 1 aromatic heterocycles. The van der Waals surface area contributed by atoms with Crippen LogP contribution in [0.15, 0.2) is 18.2 Å². The van der Waals surface area contributed by atoms with Crippen LogP contribution >= 0.6 is 0 Å². The maximum absolute atomic E-state index is 11.7. The summed E-state index contributed by atoms with van der Waals surface area (Å²) in [5.74, 6) is 0.342. The summed E-state index contributed by atoms with van der Waals surface area (Å²) < 4.78 is 10.9. The average molecular weight is 275 g/mol. The minimum absolute atomic E-state index is 0.0833. The molecule has 4 nitrogen and oxygen atoms in total. The van der Waals surface area contributed by atoms with Gasteiger partial charge in [-0.15, -0.1) is 0 Å². The highest BCUT2D eigenvalue weighted by Crippen LogP contribution is 2.28. The second-order valence-corrected chi connectivity index (χ2v) is 6.05. The molecule has 0 unspecified atom stereocenters. The SMILES string of the molecule is Cc1cc(OCC(=O)OC(C)(C)C)c2cc(C)[nH]c2c1. The Hall–Kier alpha value is -1.97. The van der Waals surface area contributed by atoms with E-state index < -0.39 is 5.60 Å². The van der Waals surface area contributed by atoms with E-state index in [4.69, 9.17) is 9.47 Å². The number of aromatic amines is 1. The number of aromatic nitrogens is 1. The summed E-state index contributed by atoms with van der Waals surface area (Å²) in [5, 5.41) is 0.983. The summed E-state index contributed by atoms with van der Waals surface area (Å²) >= 11 is 0. The topological polar surface area (TPSA) is 51.3 Å². The maximum atomic E-state index is 11.7. The quantitative estimate of drug-likeness (QED) is 0.872. The van der Waals surface area contributed by atoms with Crippen LogP contribution in [0.5, 0.6) is 5.75 Å². The number of carbonyl (C=O) groups is 1. The van der Waals surface area contributed by atoms with E-state index in [1.165, 1.54) is 0 Å². The van der Waals surface area contributed by atoms with Crippen molar-refractivity contribution in [1.82, 2.24) is 4.98 Å². The molecule has 0 saturated heterocycles. The third-order valence-corrected chi connectivity index (χ3v) is 2.74. The molecule has 0 amide bonds. The minimum Gasteiger partial charge on any atom is -0.481 e. The van der Waals surface area contributed by atoms with Crippen molar-refractivity contribution in [1.29, 1.82) is 0 Å². The summed E-state index contributed by atoms with van der Waals surface area (Å²) in [6.07, 6.45) is 0. The first-order chi connectivity index (χ1) is 9.24. The first kappa shape index (κ1) is 14.4. The third-order valence-electron chi connectivity index (χ3n) is 2.74. The van der Waals surface area contributed by atoms with Gasteiger partial charge in [-0.05, 0) is 58.4 Å². The second-order valence-electron chi connectivity index (χ2n) is 6.05. The van der Waals surface area contributed by atoms with Gasteiger partial charge < -0.3 is 14.5 Å². The van der Waals surface area contributed by atoms with E-state index in [0.717, 1.165) is 22.2 Å². The molecule has 2 aromatic rings. The van der Waals surface area contributed by atoms with E-state index in [1.807, 2.05) is 46.8 Å². The van der Waals surface area contributed by atoms with Gasteiger partial charge >= 0.3 is 5.97 Å². The molecule has 1 aromatic carbocycles. The lowest BCUT2D eigenvalue weighted by Gasteiger charge is -2.19. The largest absolute Gasteiger partial charge is 0.481 e. The molecule has 1 heterocycles. The van der Waals surface area contributed by atoms with Crippen LogP contribution in [0, 0.1) is 13.8 Å². The number of rotatable bonds is 3. The predicted octanol–water partition coefficient (Wildman–Crippen LogP) is 3.51. The van der Waals surface area contributed by atoms with Crippen LogP contribution in [0.4, 0.5) is 0 Å². The van der Waals surface area contributed by atoms with Crippen molar-refractivity contribution in [2.75, 3.05) is 6.61 Å². The van der Waals surface area contributed by atoms with Gasteiger partial charge in [0.05, 0.1) is 0 Å². The Bertz CT molecular complexity index is 635. The Balaban J connectivity index is 2.15. The number of carbonyl (C=O) groups excluding carboxylic acids is 1. The molecule has 0 atom stereocenters. The van der Waals surface area contributed by atoms with Gasteiger partial charge in [0.1, 0.15) is 11.4 Å². The normalized spacial score (nSPS) is 11.7. The summed E-state index contributed by atoms with van der Waals surface area (Å²) in [5.41, 5.74) is 2.67. The van der Waals surface area contributed by atoms with Gasteiger partial charge in [0.2, 0.25) is 0 Å². The van der Waals surface area contributed by atoms with Crippen LogP contribution < -0.4 is 4.74 Å². The van der Waals surface area contributed by atoms with Crippen LogP contribution in [0.25, 0.3) is 10.9 Å². The summed E-state index contributed by atoms with van der Waals surface area (Å²) in [7, 11) is 0. The molecule has 0 aliphatic heterocycles.